The molecule has 0 aliphatic carbocycles. The van der Waals surface area contributed by atoms with Crippen LogP contribution in [0.4, 0.5) is 0 Å². The van der Waals surface area contributed by atoms with Crippen molar-refractivity contribution in [3.05, 3.63) is 97.2 Å². The monoisotopic (exact) mass is 917 g/mol. The van der Waals surface area contributed by atoms with Gasteiger partial charge in [-0.1, -0.05) is 188 Å². The largest absolute Gasteiger partial charge is 0.472 e. The molecule has 3 unspecified atom stereocenters. The predicted molar refractivity (Wildman–Crippen MR) is 269 cm³/mol. The van der Waals surface area contributed by atoms with E-state index in [0.29, 0.717) is 13.0 Å². The SMILES string of the molecule is CC/C=C\C/C=C\C/C=C\C/C=C\C/C=C\C/C=C\C/C=C\CCCCOCC(COP(=O)(O)OCC(O)CO)OC(=O)CCCCCCCCCCC/C=C\CCCCCCCC. The van der Waals surface area contributed by atoms with Crippen molar-refractivity contribution < 1.29 is 43.0 Å². The second kappa shape index (κ2) is 49.8. The second-order valence-electron chi connectivity index (χ2n) is 16.4. The maximum absolute atomic E-state index is 12.7. The first-order valence-electron chi connectivity index (χ1n) is 25.2. The number of rotatable bonds is 47. The molecule has 10 heteroatoms. The molecular formula is C54H93O9P. The quantitative estimate of drug-likeness (QED) is 0.0236. The zero-order valence-corrected chi connectivity index (χ0v) is 41.4. The molecule has 9 nitrogen and oxygen atoms in total. The molecule has 0 heterocycles. The number of carbonyl (C=O) groups is 1. The fraction of sp³-hybridized carbons (Fsp3) is 0.685. The average Bonchev–Trinajstić information content (AvgIpc) is 3.29. The highest BCUT2D eigenvalue weighted by Crippen LogP contribution is 2.43. The van der Waals surface area contributed by atoms with Crippen LogP contribution in [0.3, 0.4) is 0 Å². The number of aliphatic hydroxyl groups is 2. The fourth-order valence-corrected chi connectivity index (χ4v) is 7.24. The van der Waals surface area contributed by atoms with E-state index in [1.807, 2.05) is 0 Å². The van der Waals surface area contributed by atoms with Crippen molar-refractivity contribution >= 4 is 13.8 Å². The van der Waals surface area contributed by atoms with Crippen LogP contribution in [0.5, 0.6) is 0 Å². The van der Waals surface area contributed by atoms with Gasteiger partial charge in [-0.3, -0.25) is 13.8 Å². The minimum absolute atomic E-state index is 0.0129. The molecule has 3 N–H and O–H groups in total. The molecule has 0 radical (unpaired) electrons. The van der Waals surface area contributed by atoms with Crippen molar-refractivity contribution in [1.29, 1.82) is 0 Å². The first kappa shape index (κ1) is 61.4. The molecule has 0 rings (SSSR count). The Morgan fingerprint density at radius 1 is 0.500 bits per heavy atom. The van der Waals surface area contributed by atoms with Crippen LogP contribution in [0.1, 0.15) is 194 Å². The number of phosphoric acid groups is 1. The third-order valence-corrected chi connectivity index (χ3v) is 11.2. The maximum Gasteiger partial charge on any atom is 0.472 e. The molecular weight excluding hydrogens is 824 g/mol. The third-order valence-electron chi connectivity index (χ3n) is 10.3. The number of aliphatic hydroxyl groups excluding tert-OH is 2. The molecule has 0 spiro atoms. The van der Waals surface area contributed by atoms with Crippen LogP contribution in [0.15, 0.2) is 97.2 Å². The van der Waals surface area contributed by atoms with Crippen LogP contribution in [0.25, 0.3) is 0 Å². The van der Waals surface area contributed by atoms with Crippen LogP contribution in [-0.4, -0.2) is 66.3 Å². The zero-order valence-electron chi connectivity index (χ0n) is 40.5. The van der Waals surface area contributed by atoms with Gasteiger partial charge in [0.15, 0.2) is 0 Å². The Labute approximate surface area is 391 Å². The van der Waals surface area contributed by atoms with E-state index in [1.54, 1.807) is 0 Å². The van der Waals surface area contributed by atoms with E-state index in [0.717, 1.165) is 83.5 Å². The molecule has 0 bridgehead atoms. The number of allylic oxidation sites excluding steroid dienone is 16. The normalized spacial score (nSPS) is 14.6. The van der Waals surface area contributed by atoms with Crippen molar-refractivity contribution in [3.8, 4) is 0 Å². The minimum atomic E-state index is -4.54. The molecule has 0 aliphatic heterocycles. The maximum atomic E-state index is 12.7. The van der Waals surface area contributed by atoms with Gasteiger partial charge in [0.05, 0.1) is 26.4 Å². The van der Waals surface area contributed by atoms with Crippen LogP contribution in [-0.2, 0) is 27.9 Å². The number of carbonyl (C=O) groups excluding carboxylic acids is 1. The molecule has 0 aliphatic rings. The number of ether oxygens (including phenoxy) is 2. The van der Waals surface area contributed by atoms with Crippen molar-refractivity contribution in [3.63, 3.8) is 0 Å². The smallest absolute Gasteiger partial charge is 0.457 e. The number of unbranched alkanes of at least 4 members (excludes halogenated alkanes) is 17. The van der Waals surface area contributed by atoms with Crippen molar-refractivity contribution in [2.75, 3.05) is 33.0 Å². The third kappa shape index (κ3) is 48.8. The summed E-state index contributed by atoms with van der Waals surface area (Å²) in [6.45, 7) is 3.28. The van der Waals surface area contributed by atoms with Crippen LogP contribution in [0, 0.1) is 0 Å². The molecule has 0 saturated heterocycles. The van der Waals surface area contributed by atoms with E-state index in [4.69, 9.17) is 23.6 Å². The number of hydrogen-bond acceptors (Lipinski definition) is 8. The Bertz CT molecular complexity index is 1320. The molecule has 3 atom stereocenters. The van der Waals surface area contributed by atoms with E-state index >= 15 is 0 Å². The van der Waals surface area contributed by atoms with Crippen molar-refractivity contribution in [2.24, 2.45) is 0 Å². The topological polar surface area (TPSA) is 132 Å². The molecule has 368 valence electrons. The predicted octanol–water partition coefficient (Wildman–Crippen LogP) is 14.8. The molecule has 0 amide bonds. The van der Waals surface area contributed by atoms with Gasteiger partial charge in [0.25, 0.3) is 0 Å². The van der Waals surface area contributed by atoms with Gasteiger partial charge in [-0.2, -0.15) is 0 Å². The van der Waals surface area contributed by atoms with E-state index < -0.39 is 45.8 Å². The zero-order chi connectivity index (χ0) is 46.7. The van der Waals surface area contributed by atoms with E-state index in [1.165, 1.54) is 83.5 Å². The lowest BCUT2D eigenvalue weighted by Gasteiger charge is -2.20. The lowest BCUT2D eigenvalue weighted by molar-refractivity contribution is -0.154. The molecule has 64 heavy (non-hydrogen) atoms. The van der Waals surface area contributed by atoms with Crippen molar-refractivity contribution in [2.45, 2.75) is 206 Å². The number of hydrogen-bond donors (Lipinski definition) is 3. The van der Waals surface area contributed by atoms with Gasteiger partial charge in [0.2, 0.25) is 0 Å². The Morgan fingerprint density at radius 3 is 1.36 bits per heavy atom. The summed E-state index contributed by atoms with van der Waals surface area (Å²) in [6, 6.07) is 0. The van der Waals surface area contributed by atoms with E-state index in [-0.39, 0.29) is 13.0 Å². The highest BCUT2D eigenvalue weighted by Gasteiger charge is 2.26. The van der Waals surface area contributed by atoms with Crippen molar-refractivity contribution in [1.82, 2.24) is 0 Å². The van der Waals surface area contributed by atoms with Gasteiger partial charge in [-0.25, -0.2) is 4.57 Å². The lowest BCUT2D eigenvalue weighted by Crippen LogP contribution is -2.29. The van der Waals surface area contributed by atoms with E-state index in [2.05, 4.69) is 111 Å². The standard InChI is InChI=1S/C54H93O9P/c1-3-5-7-9-11-13-15-17-19-21-23-24-25-26-27-29-31-33-35-37-39-41-43-45-47-60-50-53(51-62-64(58,59)61-49-52(56)48-55)63-54(57)46-44-42-40-38-36-34-32-30-28-22-20-18-16-14-12-10-8-6-4-2/h5,7,11,13,17-20,23-24,26-27,31,33,37,39,52-53,55-56H,3-4,6,8-10,12,14-16,21-22,25,28-30,32,34-36,38,40-51H2,1-2H3,(H,58,59)/b7-5-,13-11-,19-17-,20-18-,24-23-,27-26-,33-31-,39-37-. The first-order chi connectivity index (χ1) is 31.3. The Balaban J connectivity index is 4.21. The molecule has 0 fully saturated rings. The number of esters is 1. The highest BCUT2D eigenvalue weighted by molar-refractivity contribution is 7.47. The minimum Gasteiger partial charge on any atom is -0.457 e. The highest BCUT2D eigenvalue weighted by atomic mass is 31.2. The summed E-state index contributed by atoms with van der Waals surface area (Å²) in [5.74, 6) is -0.403. The Hall–Kier alpha value is -2.62. The van der Waals surface area contributed by atoms with E-state index in [9.17, 15) is 19.4 Å². The van der Waals surface area contributed by atoms with Gasteiger partial charge in [-0.15, -0.1) is 0 Å². The molecule has 0 saturated carbocycles. The summed E-state index contributed by atoms with van der Waals surface area (Å²) in [5, 5.41) is 18.4. The molecule has 0 aromatic heterocycles. The summed E-state index contributed by atoms with van der Waals surface area (Å²) in [4.78, 5) is 22.7. The summed E-state index contributed by atoms with van der Waals surface area (Å²) in [6.07, 6.45) is 63.8. The molecule has 0 aromatic carbocycles. The Morgan fingerprint density at radius 2 is 0.891 bits per heavy atom. The second-order valence-corrected chi connectivity index (χ2v) is 17.9. The van der Waals surface area contributed by atoms with Gasteiger partial charge in [-0.05, 0) is 96.3 Å². The average molecular weight is 917 g/mol. The van der Waals surface area contributed by atoms with Gasteiger partial charge in [0.1, 0.15) is 12.2 Å². The first-order valence-corrected chi connectivity index (χ1v) is 26.7. The molecule has 0 aromatic rings. The van der Waals surface area contributed by atoms with Crippen LogP contribution in [0.2, 0.25) is 0 Å². The van der Waals surface area contributed by atoms with Crippen LogP contribution >= 0.6 is 7.82 Å². The summed E-state index contributed by atoms with van der Waals surface area (Å²) in [7, 11) is -4.54. The number of phosphoric ester groups is 1. The summed E-state index contributed by atoms with van der Waals surface area (Å²) in [5.41, 5.74) is 0. The Kier molecular flexibility index (Phi) is 47.8. The van der Waals surface area contributed by atoms with Crippen LogP contribution < -0.4 is 0 Å². The van der Waals surface area contributed by atoms with Gasteiger partial charge in [0, 0.05) is 13.0 Å². The summed E-state index contributed by atoms with van der Waals surface area (Å²) >= 11 is 0. The van der Waals surface area contributed by atoms with Gasteiger partial charge < -0.3 is 24.6 Å². The van der Waals surface area contributed by atoms with Gasteiger partial charge >= 0.3 is 13.8 Å². The summed E-state index contributed by atoms with van der Waals surface area (Å²) < 4.78 is 33.5. The fourth-order valence-electron chi connectivity index (χ4n) is 6.45. The lowest BCUT2D eigenvalue weighted by atomic mass is 10.1.